The van der Waals surface area contributed by atoms with Crippen LogP contribution in [0.5, 0.6) is 0 Å². The molecule has 0 amide bonds. The largest absolute Gasteiger partial charge is 0.279 e. The molecule has 0 bridgehead atoms. The first-order valence-corrected chi connectivity index (χ1v) is 15.6. The molecule has 0 radical (unpaired) electrons. The molecule has 46 heavy (non-hydrogen) atoms. The summed E-state index contributed by atoms with van der Waals surface area (Å²) in [4.78, 5) is 10.5. The number of benzene rings is 7. The van der Waals surface area contributed by atoms with Crippen LogP contribution in [0.15, 0.2) is 158 Å². The molecule has 10 rings (SSSR count). The number of hydrogen-bond acceptors (Lipinski definition) is 2. The number of fused-ring (bicyclic) bond motifs is 10. The van der Waals surface area contributed by atoms with Crippen molar-refractivity contribution >= 4 is 60.2 Å². The third kappa shape index (κ3) is 3.61. The van der Waals surface area contributed by atoms with Gasteiger partial charge in [-0.05, 0) is 75.5 Å². The summed E-state index contributed by atoms with van der Waals surface area (Å²) in [7, 11) is 0. The maximum Gasteiger partial charge on any atom is 0.221 e. The van der Waals surface area contributed by atoms with E-state index in [2.05, 4.69) is 155 Å². The van der Waals surface area contributed by atoms with Crippen molar-refractivity contribution in [3.05, 3.63) is 158 Å². The average Bonchev–Trinajstić information content (AvgIpc) is 3.68. The molecule has 0 aliphatic heterocycles. The highest BCUT2D eigenvalue weighted by atomic mass is 15.2. The first-order valence-electron chi connectivity index (χ1n) is 15.6. The molecule has 0 N–H and O–H groups in total. The molecule has 214 valence electrons. The first kappa shape index (κ1) is 25.1. The molecular formula is C42H26N4. The Morgan fingerprint density at radius 3 is 1.87 bits per heavy atom. The summed E-state index contributed by atoms with van der Waals surface area (Å²) in [6.07, 6.45) is 0. The van der Waals surface area contributed by atoms with Crippen LogP contribution in [0.25, 0.3) is 88.4 Å². The highest BCUT2D eigenvalue weighted by Crippen LogP contribution is 2.40. The zero-order valence-electron chi connectivity index (χ0n) is 24.8. The maximum absolute atomic E-state index is 5.35. The van der Waals surface area contributed by atoms with E-state index in [9.17, 15) is 0 Å². The van der Waals surface area contributed by atoms with Crippen LogP contribution in [0.1, 0.15) is 0 Å². The molecule has 0 saturated heterocycles. The smallest absolute Gasteiger partial charge is 0.221 e. The Morgan fingerprint density at radius 2 is 1.02 bits per heavy atom. The predicted molar refractivity (Wildman–Crippen MR) is 191 cm³/mol. The second kappa shape index (κ2) is 9.62. The van der Waals surface area contributed by atoms with E-state index < -0.39 is 0 Å². The van der Waals surface area contributed by atoms with Crippen molar-refractivity contribution in [3.63, 3.8) is 0 Å². The molecule has 0 atom stereocenters. The van der Waals surface area contributed by atoms with Gasteiger partial charge in [-0.2, -0.15) is 0 Å². The Bertz CT molecular complexity index is 2790. The van der Waals surface area contributed by atoms with Crippen LogP contribution in [-0.4, -0.2) is 18.9 Å². The SMILES string of the molecule is c1ccc(-c2ccc(-c3ccc4c(c3)c3c5ccccc5ccc3n4-c3nc4ccccc4c4nc5ccccc5n34)cc2)cc1. The summed E-state index contributed by atoms with van der Waals surface area (Å²) >= 11 is 0. The predicted octanol–water partition coefficient (Wildman–Crippen LogP) is 10.6. The Labute approximate surface area is 264 Å². The van der Waals surface area contributed by atoms with E-state index in [0.717, 1.165) is 44.6 Å². The normalized spacial score (nSPS) is 11.9. The molecule has 0 fully saturated rings. The summed E-state index contributed by atoms with van der Waals surface area (Å²) in [5.74, 6) is 0.831. The van der Waals surface area contributed by atoms with E-state index in [1.807, 2.05) is 12.1 Å². The third-order valence-electron chi connectivity index (χ3n) is 9.31. The zero-order valence-corrected chi connectivity index (χ0v) is 24.8. The molecule has 4 heteroatoms. The highest BCUT2D eigenvalue weighted by molar-refractivity contribution is 6.22. The van der Waals surface area contributed by atoms with Gasteiger partial charge in [0.05, 0.1) is 27.6 Å². The van der Waals surface area contributed by atoms with Crippen molar-refractivity contribution in [2.75, 3.05) is 0 Å². The van der Waals surface area contributed by atoms with Crippen LogP contribution in [0.3, 0.4) is 0 Å². The Hall–Kier alpha value is -6.26. The molecule has 4 nitrogen and oxygen atoms in total. The number of nitrogens with zero attached hydrogens (tertiary/aromatic N) is 4. The van der Waals surface area contributed by atoms with Crippen LogP contribution in [0.2, 0.25) is 0 Å². The lowest BCUT2D eigenvalue weighted by atomic mass is 9.98. The molecule has 3 heterocycles. The van der Waals surface area contributed by atoms with Gasteiger partial charge in [0.15, 0.2) is 0 Å². The fourth-order valence-electron chi connectivity index (χ4n) is 7.15. The summed E-state index contributed by atoms with van der Waals surface area (Å²) in [6, 6.07) is 56.0. The molecule has 0 aliphatic carbocycles. The van der Waals surface area contributed by atoms with E-state index in [1.165, 1.54) is 43.8 Å². The third-order valence-corrected chi connectivity index (χ3v) is 9.31. The van der Waals surface area contributed by atoms with Crippen molar-refractivity contribution in [1.29, 1.82) is 0 Å². The lowest BCUT2D eigenvalue weighted by molar-refractivity contribution is 0.980. The van der Waals surface area contributed by atoms with Gasteiger partial charge in [-0.1, -0.05) is 115 Å². The number of imidazole rings is 1. The van der Waals surface area contributed by atoms with Crippen molar-refractivity contribution in [3.8, 4) is 28.2 Å². The van der Waals surface area contributed by atoms with Crippen LogP contribution in [0.4, 0.5) is 0 Å². The van der Waals surface area contributed by atoms with Crippen LogP contribution in [-0.2, 0) is 0 Å². The fraction of sp³-hybridized carbons (Fsp3) is 0. The van der Waals surface area contributed by atoms with Crippen molar-refractivity contribution < 1.29 is 0 Å². The minimum atomic E-state index is 0.831. The summed E-state index contributed by atoms with van der Waals surface area (Å²) in [5.41, 5.74) is 10.9. The maximum atomic E-state index is 5.35. The van der Waals surface area contributed by atoms with Gasteiger partial charge in [-0.25, -0.2) is 9.97 Å². The summed E-state index contributed by atoms with van der Waals surface area (Å²) in [5, 5.41) is 5.91. The molecule has 0 saturated carbocycles. The van der Waals surface area contributed by atoms with Gasteiger partial charge in [-0.3, -0.25) is 8.97 Å². The van der Waals surface area contributed by atoms with Gasteiger partial charge in [0.2, 0.25) is 5.95 Å². The zero-order chi connectivity index (χ0) is 30.2. The van der Waals surface area contributed by atoms with Crippen LogP contribution >= 0.6 is 0 Å². The molecule has 0 spiro atoms. The molecule has 3 aromatic heterocycles. The Morgan fingerprint density at radius 1 is 0.391 bits per heavy atom. The number of para-hydroxylation sites is 3. The minimum absolute atomic E-state index is 0.831. The van der Waals surface area contributed by atoms with Crippen LogP contribution < -0.4 is 0 Å². The molecule has 0 aliphatic rings. The average molecular weight is 587 g/mol. The van der Waals surface area contributed by atoms with E-state index in [0.29, 0.717) is 0 Å². The van der Waals surface area contributed by atoms with Crippen LogP contribution in [0, 0.1) is 0 Å². The number of aromatic nitrogens is 4. The second-order valence-electron chi connectivity index (χ2n) is 11.9. The first-order chi connectivity index (χ1) is 22.8. The van der Waals surface area contributed by atoms with E-state index in [-0.39, 0.29) is 0 Å². The van der Waals surface area contributed by atoms with Gasteiger partial charge in [-0.15, -0.1) is 0 Å². The van der Waals surface area contributed by atoms with Gasteiger partial charge < -0.3 is 0 Å². The fourth-order valence-corrected chi connectivity index (χ4v) is 7.15. The van der Waals surface area contributed by atoms with Crippen molar-refractivity contribution in [1.82, 2.24) is 18.9 Å². The standard InChI is InChI=1S/C42H26N4/c1-2-10-27(11-3-1)28-18-20-29(21-19-28)31-23-24-37-34(26-31)40-32-13-5-4-12-30(32)22-25-39(40)45(37)42-44-35-15-7-6-14-33(35)41-43-36-16-8-9-17-38(36)46(41)42/h1-26H. The van der Waals surface area contributed by atoms with Crippen molar-refractivity contribution in [2.45, 2.75) is 0 Å². The lowest BCUT2D eigenvalue weighted by Crippen LogP contribution is -2.06. The molecule has 0 unspecified atom stereocenters. The quantitative estimate of drug-likeness (QED) is 0.206. The van der Waals surface area contributed by atoms with E-state index in [1.54, 1.807) is 0 Å². The van der Waals surface area contributed by atoms with Gasteiger partial charge >= 0.3 is 0 Å². The second-order valence-corrected chi connectivity index (χ2v) is 11.9. The monoisotopic (exact) mass is 586 g/mol. The molecular weight excluding hydrogens is 560 g/mol. The topological polar surface area (TPSA) is 35.1 Å². The molecule has 7 aromatic carbocycles. The van der Waals surface area contributed by atoms with Crippen molar-refractivity contribution in [2.24, 2.45) is 0 Å². The van der Waals surface area contributed by atoms with Gasteiger partial charge in [0.1, 0.15) is 5.65 Å². The summed E-state index contributed by atoms with van der Waals surface area (Å²) in [6.45, 7) is 0. The molecule has 10 aromatic rings. The highest BCUT2D eigenvalue weighted by Gasteiger charge is 2.21. The van der Waals surface area contributed by atoms with Gasteiger partial charge in [0.25, 0.3) is 0 Å². The minimum Gasteiger partial charge on any atom is -0.279 e. The number of hydrogen-bond donors (Lipinski definition) is 0. The van der Waals surface area contributed by atoms with E-state index >= 15 is 0 Å². The summed E-state index contributed by atoms with van der Waals surface area (Å²) < 4.78 is 4.55. The Balaban J connectivity index is 1.29. The van der Waals surface area contributed by atoms with Gasteiger partial charge in [0, 0.05) is 16.2 Å². The number of rotatable bonds is 3. The Kier molecular flexibility index (Phi) is 5.25. The lowest BCUT2D eigenvalue weighted by Gasteiger charge is -2.13. The van der Waals surface area contributed by atoms with E-state index in [4.69, 9.17) is 9.97 Å².